The number of hydrogen-bond donors (Lipinski definition) is 1. The second-order valence-corrected chi connectivity index (χ2v) is 3.87. The monoisotopic (exact) mass is 207 g/mol. The van der Waals surface area contributed by atoms with Gasteiger partial charge in [0, 0.05) is 13.1 Å². The van der Waals surface area contributed by atoms with E-state index in [9.17, 15) is 4.79 Å². The third-order valence-electron chi connectivity index (χ3n) is 2.28. The number of carbonyl (C=O) groups is 1. The number of carboxylic acid groups (broad SMARTS) is 1. The van der Waals surface area contributed by atoms with Crippen molar-refractivity contribution in [2.24, 2.45) is 0 Å². The van der Waals surface area contributed by atoms with Crippen LogP contribution < -0.4 is 0 Å². The van der Waals surface area contributed by atoms with E-state index in [4.69, 9.17) is 5.11 Å². The molecule has 0 aliphatic carbocycles. The van der Waals surface area contributed by atoms with Crippen molar-refractivity contribution in [2.45, 2.75) is 19.9 Å². The zero-order valence-corrected chi connectivity index (χ0v) is 9.23. The van der Waals surface area contributed by atoms with Gasteiger partial charge in [0.2, 0.25) is 0 Å². The highest BCUT2D eigenvalue weighted by molar-refractivity contribution is 5.66. The highest BCUT2D eigenvalue weighted by Crippen LogP contribution is 2.05. The molecule has 3 nitrogen and oxygen atoms in total. The van der Waals surface area contributed by atoms with E-state index in [2.05, 4.69) is 31.2 Å². The summed E-state index contributed by atoms with van der Waals surface area (Å²) in [5.41, 5.74) is 2.46. The number of aliphatic carboxylic acids is 1. The first kappa shape index (κ1) is 11.7. The fourth-order valence-corrected chi connectivity index (χ4v) is 1.37. The van der Waals surface area contributed by atoms with Crippen LogP contribution in [0.1, 0.15) is 17.5 Å². The molecule has 0 aliphatic rings. The molecule has 1 aromatic rings. The Balaban J connectivity index is 2.40. The van der Waals surface area contributed by atoms with E-state index in [1.165, 1.54) is 11.1 Å². The molecule has 1 N–H and O–H groups in total. The summed E-state index contributed by atoms with van der Waals surface area (Å²) in [5, 5.41) is 8.54. The Morgan fingerprint density at radius 3 is 2.47 bits per heavy atom. The van der Waals surface area contributed by atoms with E-state index in [1.807, 2.05) is 11.9 Å². The van der Waals surface area contributed by atoms with Gasteiger partial charge in [0.25, 0.3) is 0 Å². The molecule has 15 heavy (non-hydrogen) atoms. The molecule has 0 amide bonds. The van der Waals surface area contributed by atoms with Gasteiger partial charge in [-0.05, 0) is 19.5 Å². The van der Waals surface area contributed by atoms with Gasteiger partial charge >= 0.3 is 5.97 Å². The predicted molar refractivity (Wildman–Crippen MR) is 59.8 cm³/mol. The van der Waals surface area contributed by atoms with Crippen LogP contribution in [0.3, 0.4) is 0 Å². The quantitative estimate of drug-likeness (QED) is 0.801. The first-order chi connectivity index (χ1) is 7.08. The van der Waals surface area contributed by atoms with Gasteiger partial charge in [-0.2, -0.15) is 0 Å². The average molecular weight is 207 g/mol. The summed E-state index contributed by atoms with van der Waals surface area (Å²) in [4.78, 5) is 12.4. The molecule has 1 aromatic carbocycles. The number of hydrogen-bond acceptors (Lipinski definition) is 2. The largest absolute Gasteiger partial charge is 0.481 e. The van der Waals surface area contributed by atoms with E-state index >= 15 is 0 Å². The molecule has 0 saturated heterocycles. The maximum Gasteiger partial charge on any atom is 0.304 e. The standard InChI is InChI=1S/C12H17NO2/c1-10-3-5-11(6-4-10)9-13(2)8-7-12(14)15/h3-6H,7-9H2,1-2H3,(H,14,15). The van der Waals surface area contributed by atoms with Crippen molar-refractivity contribution in [3.63, 3.8) is 0 Å². The predicted octanol–water partition coefficient (Wildman–Crippen LogP) is 1.90. The van der Waals surface area contributed by atoms with Crippen LogP contribution >= 0.6 is 0 Å². The lowest BCUT2D eigenvalue weighted by Crippen LogP contribution is -2.21. The Kier molecular flexibility index (Phi) is 4.31. The molecule has 0 spiro atoms. The molecule has 0 unspecified atom stereocenters. The summed E-state index contributed by atoms with van der Waals surface area (Å²) in [6.07, 6.45) is 0.197. The lowest BCUT2D eigenvalue weighted by molar-refractivity contribution is -0.137. The summed E-state index contributed by atoms with van der Waals surface area (Å²) in [7, 11) is 1.93. The zero-order chi connectivity index (χ0) is 11.3. The van der Waals surface area contributed by atoms with Crippen molar-refractivity contribution in [2.75, 3.05) is 13.6 Å². The van der Waals surface area contributed by atoms with Crippen molar-refractivity contribution >= 4 is 5.97 Å². The zero-order valence-electron chi connectivity index (χ0n) is 9.23. The number of aryl methyl sites for hydroxylation is 1. The Hall–Kier alpha value is -1.35. The molecule has 1 rings (SSSR count). The Morgan fingerprint density at radius 1 is 1.33 bits per heavy atom. The second-order valence-electron chi connectivity index (χ2n) is 3.87. The van der Waals surface area contributed by atoms with Crippen molar-refractivity contribution in [3.05, 3.63) is 35.4 Å². The number of nitrogens with zero attached hydrogens (tertiary/aromatic N) is 1. The van der Waals surface area contributed by atoms with Gasteiger partial charge in [0.1, 0.15) is 0 Å². The minimum atomic E-state index is -0.745. The SMILES string of the molecule is Cc1ccc(CN(C)CCC(=O)O)cc1. The Bertz CT molecular complexity index is 319. The van der Waals surface area contributed by atoms with Crippen LogP contribution in [-0.4, -0.2) is 29.6 Å². The van der Waals surface area contributed by atoms with Crippen LogP contribution in [0.25, 0.3) is 0 Å². The highest BCUT2D eigenvalue weighted by atomic mass is 16.4. The maximum absolute atomic E-state index is 10.4. The second kappa shape index (κ2) is 5.51. The highest BCUT2D eigenvalue weighted by Gasteiger charge is 2.03. The van der Waals surface area contributed by atoms with Crippen LogP contribution in [0.15, 0.2) is 24.3 Å². The third kappa shape index (κ3) is 4.61. The molecule has 82 valence electrons. The summed E-state index contributed by atoms with van der Waals surface area (Å²) >= 11 is 0. The summed E-state index contributed by atoms with van der Waals surface area (Å²) in [6, 6.07) is 8.29. The van der Waals surface area contributed by atoms with Crippen LogP contribution in [0.5, 0.6) is 0 Å². The molecule has 0 aliphatic heterocycles. The first-order valence-electron chi connectivity index (χ1n) is 5.04. The fourth-order valence-electron chi connectivity index (χ4n) is 1.37. The van der Waals surface area contributed by atoms with Crippen molar-refractivity contribution < 1.29 is 9.90 Å². The molecule has 0 atom stereocenters. The maximum atomic E-state index is 10.4. The molecular weight excluding hydrogens is 190 g/mol. The van der Waals surface area contributed by atoms with Crippen molar-refractivity contribution in [1.82, 2.24) is 4.90 Å². The van der Waals surface area contributed by atoms with Gasteiger partial charge in [-0.25, -0.2) is 0 Å². The summed E-state index contributed by atoms with van der Waals surface area (Å²) in [6.45, 7) is 3.44. The van der Waals surface area contributed by atoms with Crippen LogP contribution in [0.4, 0.5) is 0 Å². The van der Waals surface area contributed by atoms with Crippen molar-refractivity contribution in [1.29, 1.82) is 0 Å². The summed E-state index contributed by atoms with van der Waals surface area (Å²) < 4.78 is 0. The molecule has 0 aromatic heterocycles. The molecule has 0 radical (unpaired) electrons. The molecular formula is C12H17NO2. The van der Waals surface area contributed by atoms with Gasteiger partial charge < -0.3 is 10.0 Å². The van der Waals surface area contributed by atoms with Crippen LogP contribution in [-0.2, 0) is 11.3 Å². The smallest absolute Gasteiger partial charge is 0.304 e. The van der Waals surface area contributed by atoms with Gasteiger partial charge in [0.05, 0.1) is 6.42 Å². The lowest BCUT2D eigenvalue weighted by atomic mass is 10.1. The van der Waals surface area contributed by atoms with Gasteiger partial charge in [0.15, 0.2) is 0 Å². The van der Waals surface area contributed by atoms with E-state index in [0.717, 1.165) is 6.54 Å². The molecule has 3 heteroatoms. The number of carboxylic acids is 1. The third-order valence-corrected chi connectivity index (χ3v) is 2.28. The van der Waals surface area contributed by atoms with Crippen LogP contribution in [0.2, 0.25) is 0 Å². The first-order valence-corrected chi connectivity index (χ1v) is 5.04. The van der Waals surface area contributed by atoms with Gasteiger partial charge in [-0.15, -0.1) is 0 Å². The van der Waals surface area contributed by atoms with E-state index < -0.39 is 5.97 Å². The Morgan fingerprint density at radius 2 is 1.93 bits per heavy atom. The minimum Gasteiger partial charge on any atom is -0.481 e. The van der Waals surface area contributed by atoms with E-state index in [0.29, 0.717) is 6.54 Å². The topological polar surface area (TPSA) is 40.5 Å². The van der Waals surface area contributed by atoms with E-state index in [-0.39, 0.29) is 6.42 Å². The number of rotatable bonds is 5. The normalized spacial score (nSPS) is 10.6. The lowest BCUT2D eigenvalue weighted by Gasteiger charge is -2.15. The number of benzene rings is 1. The van der Waals surface area contributed by atoms with Crippen molar-refractivity contribution in [3.8, 4) is 0 Å². The van der Waals surface area contributed by atoms with E-state index in [1.54, 1.807) is 0 Å². The average Bonchev–Trinajstić information content (AvgIpc) is 2.19. The van der Waals surface area contributed by atoms with Gasteiger partial charge in [-0.3, -0.25) is 4.79 Å². The minimum absolute atomic E-state index is 0.197. The fraction of sp³-hybridized carbons (Fsp3) is 0.417. The Labute approximate surface area is 90.3 Å². The molecule has 0 heterocycles. The molecule has 0 fully saturated rings. The van der Waals surface area contributed by atoms with Crippen LogP contribution in [0, 0.1) is 6.92 Å². The summed E-state index contributed by atoms with van der Waals surface area (Å²) in [5.74, 6) is -0.745. The van der Waals surface area contributed by atoms with Gasteiger partial charge in [-0.1, -0.05) is 29.8 Å². The molecule has 0 bridgehead atoms. The molecule has 0 saturated carbocycles.